The fourth-order valence-corrected chi connectivity index (χ4v) is 1.11. The third kappa shape index (κ3) is 3.18. The summed E-state index contributed by atoms with van der Waals surface area (Å²) < 4.78 is 0. The summed E-state index contributed by atoms with van der Waals surface area (Å²) in [5.41, 5.74) is 6.84. The number of carbonyl (C=O) groups is 1. The molecule has 76 valence electrons. The van der Waals surface area contributed by atoms with E-state index >= 15 is 0 Å². The number of amides is 1. The molecule has 0 saturated heterocycles. The Kier molecular flexibility index (Phi) is 3.65. The lowest BCUT2D eigenvalue weighted by Gasteiger charge is -2.07. The van der Waals surface area contributed by atoms with Gasteiger partial charge in [0.1, 0.15) is 0 Å². The van der Waals surface area contributed by atoms with E-state index in [4.69, 9.17) is 5.73 Å². The van der Waals surface area contributed by atoms with E-state index in [0.29, 0.717) is 11.6 Å². The molecule has 3 heteroatoms. The third-order valence-electron chi connectivity index (χ3n) is 1.95. The molecule has 0 aliphatic carbocycles. The molecule has 0 fully saturated rings. The van der Waals surface area contributed by atoms with E-state index in [1.54, 1.807) is 12.1 Å². The van der Waals surface area contributed by atoms with Crippen molar-refractivity contribution >= 4 is 5.91 Å². The summed E-state index contributed by atoms with van der Waals surface area (Å²) in [6.07, 6.45) is 0. The lowest BCUT2D eigenvalue weighted by atomic mass is 10.1. The minimum Gasteiger partial charge on any atom is -0.366 e. The van der Waals surface area contributed by atoms with Crippen molar-refractivity contribution in [2.45, 2.75) is 26.4 Å². The van der Waals surface area contributed by atoms with E-state index in [1.807, 2.05) is 12.1 Å². The summed E-state index contributed by atoms with van der Waals surface area (Å²) in [4.78, 5) is 10.8. The largest absolute Gasteiger partial charge is 0.366 e. The summed E-state index contributed by atoms with van der Waals surface area (Å²) in [6, 6.07) is 7.79. The topological polar surface area (TPSA) is 55.1 Å². The highest BCUT2D eigenvalue weighted by molar-refractivity contribution is 5.92. The fraction of sp³-hybridized carbons (Fsp3) is 0.364. The minimum absolute atomic E-state index is 0.381. The standard InChI is InChI=1S/C11H16N2O/c1-8(2)13-7-9-3-5-10(6-4-9)11(12)14/h3-6,8,13H,7H2,1-2H3,(H2,12,14). The molecule has 0 atom stereocenters. The van der Waals surface area contributed by atoms with Gasteiger partial charge in [-0.3, -0.25) is 4.79 Å². The second kappa shape index (κ2) is 4.77. The van der Waals surface area contributed by atoms with Gasteiger partial charge < -0.3 is 11.1 Å². The predicted octanol–water partition coefficient (Wildman–Crippen LogP) is 1.28. The van der Waals surface area contributed by atoms with Crippen LogP contribution in [0, 0.1) is 0 Å². The number of carbonyl (C=O) groups excluding carboxylic acids is 1. The Morgan fingerprint density at radius 2 is 1.93 bits per heavy atom. The van der Waals surface area contributed by atoms with Gasteiger partial charge >= 0.3 is 0 Å². The number of primary amides is 1. The molecule has 0 bridgehead atoms. The van der Waals surface area contributed by atoms with E-state index in [9.17, 15) is 4.79 Å². The van der Waals surface area contributed by atoms with Crippen LogP contribution in [0.4, 0.5) is 0 Å². The zero-order valence-electron chi connectivity index (χ0n) is 8.58. The molecule has 1 amide bonds. The Labute approximate surface area is 84.3 Å². The number of benzene rings is 1. The molecular formula is C11H16N2O. The summed E-state index contributed by atoms with van der Waals surface area (Å²) in [5.74, 6) is -0.381. The second-order valence-corrected chi connectivity index (χ2v) is 3.60. The maximum atomic E-state index is 10.8. The molecule has 3 nitrogen and oxygen atoms in total. The number of rotatable bonds is 4. The molecule has 0 unspecified atom stereocenters. The molecule has 0 aliphatic heterocycles. The van der Waals surface area contributed by atoms with Crippen molar-refractivity contribution in [3.63, 3.8) is 0 Å². The van der Waals surface area contributed by atoms with Crippen LogP contribution in [-0.2, 0) is 6.54 Å². The Morgan fingerprint density at radius 1 is 1.36 bits per heavy atom. The molecule has 3 N–H and O–H groups in total. The van der Waals surface area contributed by atoms with Gasteiger partial charge in [-0.2, -0.15) is 0 Å². The van der Waals surface area contributed by atoms with Crippen LogP contribution in [0.15, 0.2) is 24.3 Å². The quantitative estimate of drug-likeness (QED) is 0.755. The van der Waals surface area contributed by atoms with Crippen molar-refractivity contribution in [2.75, 3.05) is 0 Å². The van der Waals surface area contributed by atoms with Crippen molar-refractivity contribution in [2.24, 2.45) is 5.73 Å². The highest BCUT2D eigenvalue weighted by Crippen LogP contribution is 2.03. The van der Waals surface area contributed by atoms with Gasteiger partial charge in [-0.05, 0) is 17.7 Å². The van der Waals surface area contributed by atoms with Gasteiger partial charge in [-0.15, -0.1) is 0 Å². The normalized spacial score (nSPS) is 10.5. The van der Waals surface area contributed by atoms with E-state index in [0.717, 1.165) is 12.1 Å². The van der Waals surface area contributed by atoms with Gasteiger partial charge in [0.2, 0.25) is 5.91 Å². The molecule has 14 heavy (non-hydrogen) atoms. The van der Waals surface area contributed by atoms with Crippen LogP contribution < -0.4 is 11.1 Å². The molecule has 0 aliphatic rings. The van der Waals surface area contributed by atoms with Crippen molar-refractivity contribution in [3.05, 3.63) is 35.4 Å². The zero-order valence-corrected chi connectivity index (χ0v) is 8.58. The maximum absolute atomic E-state index is 10.8. The molecule has 0 heterocycles. The summed E-state index contributed by atoms with van der Waals surface area (Å²) in [5, 5.41) is 3.29. The zero-order chi connectivity index (χ0) is 10.6. The first-order valence-corrected chi connectivity index (χ1v) is 4.71. The Balaban J connectivity index is 2.60. The van der Waals surface area contributed by atoms with E-state index < -0.39 is 0 Å². The first-order valence-electron chi connectivity index (χ1n) is 4.71. The van der Waals surface area contributed by atoms with Gasteiger partial charge in [0.25, 0.3) is 0 Å². The molecule has 0 spiro atoms. The van der Waals surface area contributed by atoms with Gasteiger partial charge in [-0.1, -0.05) is 26.0 Å². The Hall–Kier alpha value is -1.35. The summed E-state index contributed by atoms with van der Waals surface area (Å²) in [6.45, 7) is 5.01. The number of nitrogens with one attached hydrogen (secondary N) is 1. The Bertz CT molecular complexity index is 304. The van der Waals surface area contributed by atoms with Crippen LogP contribution in [0.1, 0.15) is 29.8 Å². The fourth-order valence-electron chi connectivity index (χ4n) is 1.11. The molecular weight excluding hydrogens is 176 g/mol. The van der Waals surface area contributed by atoms with Crippen LogP contribution in [0.5, 0.6) is 0 Å². The first kappa shape index (κ1) is 10.7. The van der Waals surface area contributed by atoms with Crippen LogP contribution in [0.3, 0.4) is 0 Å². The molecule has 1 aromatic carbocycles. The van der Waals surface area contributed by atoms with Gasteiger partial charge in [0, 0.05) is 18.2 Å². The van der Waals surface area contributed by atoms with Gasteiger partial charge in [-0.25, -0.2) is 0 Å². The SMILES string of the molecule is CC(C)NCc1ccc(C(N)=O)cc1. The lowest BCUT2D eigenvalue weighted by Crippen LogP contribution is -2.21. The summed E-state index contributed by atoms with van der Waals surface area (Å²) >= 11 is 0. The number of hydrogen-bond acceptors (Lipinski definition) is 2. The van der Waals surface area contributed by atoms with Crippen molar-refractivity contribution < 1.29 is 4.79 Å². The maximum Gasteiger partial charge on any atom is 0.248 e. The van der Waals surface area contributed by atoms with Gasteiger partial charge in [0.15, 0.2) is 0 Å². The van der Waals surface area contributed by atoms with E-state index in [2.05, 4.69) is 19.2 Å². The lowest BCUT2D eigenvalue weighted by molar-refractivity contribution is 0.100. The molecule has 1 rings (SSSR count). The molecule has 0 radical (unpaired) electrons. The molecule has 0 aromatic heterocycles. The van der Waals surface area contributed by atoms with Crippen molar-refractivity contribution in [1.29, 1.82) is 0 Å². The van der Waals surface area contributed by atoms with Crippen LogP contribution >= 0.6 is 0 Å². The van der Waals surface area contributed by atoms with Gasteiger partial charge in [0.05, 0.1) is 0 Å². The van der Waals surface area contributed by atoms with Crippen LogP contribution in [0.2, 0.25) is 0 Å². The Morgan fingerprint density at radius 3 is 2.36 bits per heavy atom. The predicted molar refractivity (Wildman–Crippen MR) is 56.9 cm³/mol. The third-order valence-corrected chi connectivity index (χ3v) is 1.95. The van der Waals surface area contributed by atoms with Crippen molar-refractivity contribution in [1.82, 2.24) is 5.32 Å². The smallest absolute Gasteiger partial charge is 0.248 e. The summed E-state index contributed by atoms with van der Waals surface area (Å²) in [7, 11) is 0. The van der Waals surface area contributed by atoms with Crippen LogP contribution in [-0.4, -0.2) is 11.9 Å². The second-order valence-electron chi connectivity index (χ2n) is 3.60. The highest BCUT2D eigenvalue weighted by atomic mass is 16.1. The molecule has 1 aromatic rings. The average molecular weight is 192 g/mol. The number of nitrogens with two attached hydrogens (primary N) is 1. The first-order chi connectivity index (χ1) is 6.59. The van der Waals surface area contributed by atoms with Crippen molar-refractivity contribution in [3.8, 4) is 0 Å². The van der Waals surface area contributed by atoms with E-state index in [-0.39, 0.29) is 5.91 Å². The monoisotopic (exact) mass is 192 g/mol. The highest BCUT2D eigenvalue weighted by Gasteiger charge is 1.99. The van der Waals surface area contributed by atoms with E-state index in [1.165, 1.54) is 0 Å². The van der Waals surface area contributed by atoms with Crippen LogP contribution in [0.25, 0.3) is 0 Å². The number of hydrogen-bond donors (Lipinski definition) is 2. The minimum atomic E-state index is -0.381. The molecule has 0 saturated carbocycles. The average Bonchev–Trinajstić information content (AvgIpc) is 2.15.